The normalized spacial score (nSPS) is 11.9. The van der Waals surface area contributed by atoms with Crippen molar-refractivity contribution < 1.29 is 12.4 Å². The molecule has 4 rings (SSSR count). The van der Waals surface area contributed by atoms with Crippen LogP contribution in [0.5, 0.6) is 0 Å². The van der Waals surface area contributed by atoms with Crippen LogP contribution in [0.25, 0.3) is 0 Å². The van der Waals surface area contributed by atoms with E-state index in [9.17, 15) is 0 Å². The molecule has 0 aliphatic carbocycles. The molecule has 0 saturated carbocycles. The van der Waals surface area contributed by atoms with Crippen LogP contribution in [0.15, 0.2) is 115 Å². The maximum absolute atomic E-state index is 3.90. The molecule has 0 heterocycles. The quantitative estimate of drug-likeness (QED) is 0.463. The number of hydrogen-bond acceptors (Lipinski definition) is 1. The Kier molecular flexibility index (Phi) is 7.32. The Morgan fingerprint density at radius 1 is 0.567 bits per heavy atom. The maximum atomic E-state index is 3.90. The number of benzene rings is 4. The minimum atomic E-state index is -1.94. The molecule has 4 aromatic rings. The van der Waals surface area contributed by atoms with Gasteiger partial charge in [0.2, 0.25) is 0 Å². The first-order chi connectivity index (χ1) is 14.2. The van der Waals surface area contributed by atoms with Crippen molar-refractivity contribution in [3.05, 3.63) is 121 Å². The van der Waals surface area contributed by atoms with Gasteiger partial charge in [-0.05, 0) is 61.9 Å². The van der Waals surface area contributed by atoms with E-state index in [0.717, 1.165) is 0 Å². The number of para-hydroxylation sites is 1. The van der Waals surface area contributed by atoms with Crippen molar-refractivity contribution in [1.29, 1.82) is 0 Å². The molecule has 1 unspecified atom stereocenters. The van der Waals surface area contributed by atoms with E-state index in [2.05, 4.69) is 134 Å². The Morgan fingerprint density at radius 2 is 0.933 bits per heavy atom. The lowest BCUT2D eigenvalue weighted by Gasteiger charge is -2.34. The molecular formula is C27H27ClNP. The topological polar surface area (TPSA) is 12.0 Å². The van der Waals surface area contributed by atoms with Crippen LogP contribution < -0.4 is 33.6 Å². The molecule has 0 spiro atoms. The minimum absolute atomic E-state index is 0. The van der Waals surface area contributed by atoms with Crippen molar-refractivity contribution in [2.45, 2.75) is 19.6 Å². The summed E-state index contributed by atoms with van der Waals surface area (Å²) in [5.41, 5.74) is 2.47. The highest BCUT2D eigenvalue weighted by molar-refractivity contribution is 7.96. The first kappa shape index (κ1) is 22.1. The standard InChI is InChI=1S/C27H27NP.ClH/c1-22-14-12-13-21-27(22)28-23(2)29(24-15-6-3-7-16-24,25-17-8-4-9-18-25)26-19-10-5-11-20-26;/h3-21,23,28H,1-2H3;1H/q+1;/p-1. The predicted octanol–water partition coefficient (Wildman–Crippen LogP) is 2.75. The Bertz CT molecular complexity index is 955. The number of aryl methyl sites for hydroxylation is 1. The molecule has 30 heavy (non-hydrogen) atoms. The molecule has 0 amide bonds. The van der Waals surface area contributed by atoms with E-state index in [4.69, 9.17) is 0 Å². The molecule has 1 N–H and O–H groups in total. The van der Waals surface area contributed by atoms with E-state index in [0.29, 0.717) is 0 Å². The SMILES string of the molecule is Cc1ccccc1NC(C)[P+](c1ccccc1)(c1ccccc1)c1ccccc1.[Cl-]. The van der Waals surface area contributed by atoms with Crippen LogP contribution in [-0.4, -0.2) is 5.78 Å². The molecule has 1 atom stereocenters. The first-order valence-corrected chi connectivity index (χ1v) is 12.0. The zero-order valence-electron chi connectivity index (χ0n) is 17.4. The van der Waals surface area contributed by atoms with Crippen molar-refractivity contribution in [3.63, 3.8) is 0 Å². The van der Waals surface area contributed by atoms with Crippen molar-refractivity contribution >= 4 is 28.9 Å². The van der Waals surface area contributed by atoms with E-state index in [1.165, 1.54) is 27.2 Å². The molecule has 0 fully saturated rings. The summed E-state index contributed by atoms with van der Waals surface area (Å²) in [5, 5.41) is 8.08. The third kappa shape index (κ3) is 4.15. The van der Waals surface area contributed by atoms with Crippen LogP contribution >= 0.6 is 7.26 Å². The van der Waals surface area contributed by atoms with Gasteiger partial charge in [-0.1, -0.05) is 72.8 Å². The molecule has 0 saturated heterocycles. The fourth-order valence-corrected chi connectivity index (χ4v) is 8.66. The highest BCUT2D eigenvalue weighted by atomic mass is 35.5. The fourth-order valence-electron chi connectivity index (χ4n) is 4.16. The molecular weight excluding hydrogens is 405 g/mol. The van der Waals surface area contributed by atoms with E-state index < -0.39 is 7.26 Å². The molecule has 3 heteroatoms. The molecule has 0 radical (unpaired) electrons. The summed E-state index contributed by atoms with van der Waals surface area (Å²) in [6, 6.07) is 41.6. The lowest BCUT2D eigenvalue weighted by Crippen LogP contribution is -3.00. The summed E-state index contributed by atoms with van der Waals surface area (Å²) in [6.07, 6.45) is 0. The largest absolute Gasteiger partial charge is 1.00 e. The Morgan fingerprint density at radius 3 is 1.33 bits per heavy atom. The summed E-state index contributed by atoms with van der Waals surface area (Å²) in [7, 11) is -1.94. The van der Waals surface area contributed by atoms with Gasteiger partial charge in [-0.15, -0.1) is 0 Å². The smallest absolute Gasteiger partial charge is 0.149 e. The van der Waals surface area contributed by atoms with Crippen molar-refractivity contribution in [2.75, 3.05) is 5.32 Å². The predicted molar refractivity (Wildman–Crippen MR) is 129 cm³/mol. The summed E-state index contributed by atoms with van der Waals surface area (Å²) in [4.78, 5) is 0. The lowest BCUT2D eigenvalue weighted by atomic mass is 10.2. The Labute approximate surface area is 186 Å². The van der Waals surface area contributed by atoms with Crippen LogP contribution in [0.1, 0.15) is 12.5 Å². The van der Waals surface area contributed by atoms with Crippen LogP contribution in [-0.2, 0) is 0 Å². The van der Waals surface area contributed by atoms with Crippen molar-refractivity contribution in [3.8, 4) is 0 Å². The lowest BCUT2D eigenvalue weighted by molar-refractivity contribution is -0.00000570. The van der Waals surface area contributed by atoms with Gasteiger partial charge >= 0.3 is 0 Å². The molecule has 4 aromatic carbocycles. The second kappa shape index (κ2) is 9.94. The monoisotopic (exact) mass is 431 g/mol. The number of rotatable bonds is 6. The van der Waals surface area contributed by atoms with Crippen molar-refractivity contribution in [2.24, 2.45) is 0 Å². The summed E-state index contributed by atoms with van der Waals surface area (Å²) in [5.74, 6) is 0.232. The summed E-state index contributed by atoms with van der Waals surface area (Å²) >= 11 is 0. The Hall–Kier alpha value is -2.60. The third-order valence-corrected chi connectivity index (χ3v) is 10.2. The van der Waals surface area contributed by atoms with Crippen LogP contribution in [0.2, 0.25) is 0 Å². The van der Waals surface area contributed by atoms with Gasteiger partial charge in [0.1, 0.15) is 29.0 Å². The van der Waals surface area contributed by atoms with E-state index in [-0.39, 0.29) is 18.2 Å². The highest BCUT2D eigenvalue weighted by Crippen LogP contribution is 2.59. The summed E-state index contributed by atoms with van der Waals surface area (Å²) < 4.78 is 0. The van der Waals surface area contributed by atoms with E-state index in [1.807, 2.05) is 0 Å². The third-order valence-electron chi connectivity index (χ3n) is 5.58. The zero-order valence-corrected chi connectivity index (χ0v) is 19.0. The number of hydrogen-bond donors (Lipinski definition) is 1. The number of halogens is 1. The second-order valence-electron chi connectivity index (χ2n) is 7.36. The zero-order chi connectivity index (χ0) is 20.1. The average molecular weight is 432 g/mol. The Balaban J connectivity index is 0.00000256. The van der Waals surface area contributed by atoms with Gasteiger partial charge in [0.05, 0.1) is 0 Å². The van der Waals surface area contributed by atoms with Crippen LogP contribution in [0.3, 0.4) is 0 Å². The highest BCUT2D eigenvalue weighted by Gasteiger charge is 2.50. The van der Waals surface area contributed by atoms with Gasteiger partial charge in [-0.3, -0.25) is 0 Å². The second-order valence-corrected chi connectivity index (χ2v) is 11.1. The van der Waals surface area contributed by atoms with Gasteiger partial charge in [-0.2, -0.15) is 0 Å². The number of nitrogens with one attached hydrogen (secondary N) is 1. The molecule has 0 bridgehead atoms. The maximum Gasteiger partial charge on any atom is 0.149 e. The van der Waals surface area contributed by atoms with Crippen LogP contribution in [0.4, 0.5) is 5.69 Å². The molecule has 0 aliphatic rings. The molecule has 0 aliphatic heterocycles. The van der Waals surface area contributed by atoms with Gasteiger partial charge in [0.25, 0.3) is 0 Å². The minimum Gasteiger partial charge on any atom is -1.00 e. The first-order valence-electron chi connectivity index (χ1n) is 10.1. The molecule has 0 aromatic heterocycles. The summed E-state index contributed by atoms with van der Waals surface area (Å²) in [6.45, 7) is 4.51. The van der Waals surface area contributed by atoms with E-state index in [1.54, 1.807) is 0 Å². The van der Waals surface area contributed by atoms with Gasteiger partial charge in [0, 0.05) is 5.69 Å². The fraction of sp³-hybridized carbons (Fsp3) is 0.111. The van der Waals surface area contributed by atoms with E-state index >= 15 is 0 Å². The molecule has 1 nitrogen and oxygen atoms in total. The van der Waals surface area contributed by atoms with Gasteiger partial charge in [-0.25, -0.2) is 0 Å². The number of anilines is 1. The molecule has 152 valence electrons. The van der Waals surface area contributed by atoms with Crippen molar-refractivity contribution in [1.82, 2.24) is 0 Å². The van der Waals surface area contributed by atoms with Gasteiger partial charge < -0.3 is 17.7 Å². The van der Waals surface area contributed by atoms with Gasteiger partial charge in [0.15, 0.2) is 0 Å². The van der Waals surface area contributed by atoms with Crippen LogP contribution in [0, 0.1) is 6.92 Å². The average Bonchev–Trinajstić information content (AvgIpc) is 2.78.